The standard InChI is InChI=1S/C9H10S/c1-4-8-7(3)6-10-9(8)5-2/h4-5H,1-3,6H2. The van der Waals surface area contributed by atoms with Crippen molar-refractivity contribution < 1.29 is 0 Å². The Morgan fingerprint density at radius 1 is 1.30 bits per heavy atom. The van der Waals surface area contributed by atoms with Gasteiger partial charge < -0.3 is 0 Å². The summed E-state index contributed by atoms with van der Waals surface area (Å²) in [6, 6.07) is 0. The molecule has 1 rings (SSSR count). The summed E-state index contributed by atoms with van der Waals surface area (Å²) in [6.45, 7) is 11.3. The minimum absolute atomic E-state index is 0.989. The first-order chi connectivity index (χ1) is 4.79. The first kappa shape index (κ1) is 7.42. The summed E-state index contributed by atoms with van der Waals surface area (Å²) >= 11 is 1.77. The molecule has 0 bridgehead atoms. The highest BCUT2D eigenvalue weighted by molar-refractivity contribution is 8.03. The molecule has 0 spiro atoms. The molecule has 0 aromatic heterocycles. The second-order valence-electron chi connectivity index (χ2n) is 2.08. The van der Waals surface area contributed by atoms with Crippen molar-refractivity contribution in [2.45, 2.75) is 0 Å². The van der Waals surface area contributed by atoms with Gasteiger partial charge in [0.2, 0.25) is 0 Å². The highest BCUT2D eigenvalue weighted by Gasteiger charge is 2.12. The van der Waals surface area contributed by atoms with E-state index < -0.39 is 0 Å². The maximum Gasteiger partial charge on any atom is 0.0232 e. The van der Waals surface area contributed by atoms with Gasteiger partial charge in [0.15, 0.2) is 0 Å². The smallest absolute Gasteiger partial charge is 0.0232 e. The van der Waals surface area contributed by atoms with E-state index in [1.54, 1.807) is 11.8 Å². The molecule has 1 heteroatoms. The molecule has 0 unspecified atom stereocenters. The van der Waals surface area contributed by atoms with E-state index in [1.807, 2.05) is 12.2 Å². The molecule has 0 radical (unpaired) electrons. The molecule has 0 saturated carbocycles. The van der Waals surface area contributed by atoms with Crippen molar-refractivity contribution in [1.82, 2.24) is 0 Å². The Bertz CT molecular complexity index is 221. The zero-order valence-corrected chi connectivity index (χ0v) is 6.71. The van der Waals surface area contributed by atoms with Gasteiger partial charge in [-0.3, -0.25) is 0 Å². The van der Waals surface area contributed by atoms with Crippen molar-refractivity contribution in [3.05, 3.63) is 47.9 Å². The van der Waals surface area contributed by atoms with Crippen LogP contribution in [0.4, 0.5) is 0 Å². The number of hydrogen-bond acceptors (Lipinski definition) is 1. The Balaban J connectivity index is 3.02. The van der Waals surface area contributed by atoms with Crippen molar-refractivity contribution in [2.24, 2.45) is 0 Å². The van der Waals surface area contributed by atoms with Crippen molar-refractivity contribution in [2.75, 3.05) is 5.75 Å². The van der Waals surface area contributed by atoms with Gasteiger partial charge in [-0.05, 0) is 11.1 Å². The van der Waals surface area contributed by atoms with Crippen LogP contribution in [0.25, 0.3) is 0 Å². The Kier molecular flexibility index (Phi) is 2.17. The number of allylic oxidation sites excluding steroid dienone is 3. The molecule has 1 aliphatic rings. The highest BCUT2D eigenvalue weighted by atomic mass is 32.2. The van der Waals surface area contributed by atoms with Gasteiger partial charge in [-0.2, -0.15) is 0 Å². The van der Waals surface area contributed by atoms with Crippen molar-refractivity contribution in [3.63, 3.8) is 0 Å². The van der Waals surface area contributed by atoms with Crippen molar-refractivity contribution in [1.29, 1.82) is 0 Å². The zero-order valence-electron chi connectivity index (χ0n) is 5.89. The first-order valence-corrected chi connectivity index (χ1v) is 4.08. The Labute approximate surface area is 66.0 Å². The third-order valence-electron chi connectivity index (χ3n) is 1.44. The van der Waals surface area contributed by atoms with E-state index in [-0.39, 0.29) is 0 Å². The summed E-state index contributed by atoms with van der Waals surface area (Å²) in [5.74, 6) is 0.989. The Hall–Kier alpha value is -0.690. The van der Waals surface area contributed by atoms with Gasteiger partial charge in [0.1, 0.15) is 0 Å². The molecule has 0 nitrogen and oxygen atoms in total. The molecule has 1 aliphatic heterocycles. The summed E-state index contributed by atoms with van der Waals surface area (Å²) in [7, 11) is 0. The van der Waals surface area contributed by atoms with E-state index in [0.29, 0.717) is 0 Å². The second-order valence-corrected chi connectivity index (χ2v) is 3.10. The molecule has 0 aromatic carbocycles. The van der Waals surface area contributed by atoms with E-state index in [4.69, 9.17) is 0 Å². The maximum atomic E-state index is 3.91. The van der Waals surface area contributed by atoms with Crippen LogP contribution in [0.2, 0.25) is 0 Å². The number of rotatable bonds is 2. The molecular weight excluding hydrogens is 140 g/mol. The third-order valence-corrected chi connectivity index (χ3v) is 2.63. The van der Waals surface area contributed by atoms with Crippen LogP contribution < -0.4 is 0 Å². The molecule has 0 amide bonds. The van der Waals surface area contributed by atoms with Gasteiger partial charge in [0.05, 0.1) is 0 Å². The van der Waals surface area contributed by atoms with E-state index in [0.717, 1.165) is 11.3 Å². The predicted octanol–water partition coefficient (Wildman–Crippen LogP) is 2.92. The normalized spacial score (nSPS) is 17.8. The quantitative estimate of drug-likeness (QED) is 0.583. The lowest BCUT2D eigenvalue weighted by Crippen LogP contribution is -1.78. The Morgan fingerprint density at radius 3 is 2.40 bits per heavy atom. The van der Waals surface area contributed by atoms with E-state index in [2.05, 4.69) is 19.7 Å². The molecule has 0 aliphatic carbocycles. The largest absolute Gasteiger partial charge is 0.121 e. The molecule has 1 heterocycles. The van der Waals surface area contributed by atoms with Crippen molar-refractivity contribution in [3.8, 4) is 0 Å². The summed E-state index contributed by atoms with van der Waals surface area (Å²) < 4.78 is 0. The average Bonchev–Trinajstić information content (AvgIpc) is 2.30. The SMILES string of the molecule is C=CC1=C(C=C)C(=C)CS1. The molecule has 10 heavy (non-hydrogen) atoms. The third kappa shape index (κ3) is 1.09. The lowest BCUT2D eigenvalue weighted by molar-refractivity contribution is 1.51. The summed E-state index contributed by atoms with van der Waals surface area (Å²) in [4.78, 5) is 1.21. The summed E-state index contributed by atoms with van der Waals surface area (Å²) in [6.07, 6.45) is 3.71. The van der Waals surface area contributed by atoms with E-state index >= 15 is 0 Å². The molecular formula is C9H10S. The minimum atomic E-state index is 0.989. The molecule has 0 aromatic rings. The number of thioether (sulfide) groups is 1. The van der Waals surface area contributed by atoms with Gasteiger partial charge in [0, 0.05) is 10.7 Å². The fourth-order valence-corrected chi connectivity index (χ4v) is 1.89. The fourth-order valence-electron chi connectivity index (χ4n) is 0.908. The summed E-state index contributed by atoms with van der Waals surface area (Å²) in [5.41, 5.74) is 2.33. The first-order valence-electron chi connectivity index (χ1n) is 3.09. The monoisotopic (exact) mass is 150 g/mol. The van der Waals surface area contributed by atoms with Gasteiger partial charge in [-0.1, -0.05) is 31.9 Å². The van der Waals surface area contributed by atoms with Crippen LogP contribution in [0, 0.1) is 0 Å². The van der Waals surface area contributed by atoms with Crippen LogP contribution in [0.3, 0.4) is 0 Å². The van der Waals surface area contributed by atoms with Crippen LogP contribution in [0.15, 0.2) is 47.9 Å². The molecule has 52 valence electrons. The highest BCUT2D eigenvalue weighted by Crippen LogP contribution is 2.35. The zero-order chi connectivity index (χ0) is 7.56. The van der Waals surface area contributed by atoms with Crippen LogP contribution in [0.1, 0.15) is 0 Å². The Morgan fingerprint density at radius 2 is 2.00 bits per heavy atom. The van der Waals surface area contributed by atoms with Crippen molar-refractivity contribution >= 4 is 11.8 Å². The maximum absolute atomic E-state index is 3.91. The molecule has 0 atom stereocenters. The number of hydrogen-bond donors (Lipinski definition) is 0. The topological polar surface area (TPSA) is 0 Å². The van der Waals surface area contributed by atoms with E-state index in [9.17, 15) is 0 Å². The van der Waals surface area contributed by atoms with Crippen LogP contribution >= 0.6 is 11.8 Å². The fraction of sp³-hybridized carbons (Fsp3) is 0.111. The van der Waals surface area contributed by atoms with Crippen LogP contribution in [-0.4, -0.2) is 5.75 Å². The van der Waals surface area contributed by atoms with Gasteiger partial charge in [-0.15, -0.1) is 11.8 Å². The van der Waals surface area contributed by atoms with Crippen LogP contribution in [0.5, 0.6) is 0 Å². The minimum Gasteiger partial charge on any atom is -0.121 e. The van der Waals surface area contributed by atoms with Gasteiger partial charge >= 0.3 is 0 Å². The lowest BCUT2D eigenvalue weighted by atomic mass is 10.1. The average molecular weight is 150 g/mol. The van der Waals surface area contributed by atoms with Crippen LogP contribution in [-0.2, 0) is 0 Å². The predicted molar refractivity (Wildman–Crippen MR) is 49.0 cm³/mol. The molecule has 0 fully saturated rings. The van der Waals surface area contributed by atoms with E-state index in [1.165, 1.54) is 10.5 Å². The summed E-state index contributed by atoms with van der Waals surface area (Å²) in [5, 5.41) is 0. The van der Waals surface area contributed by atoms with Gasteiger partial charge in [-0.25, -0.2) is 0 Å². The molecule has 0 saturated heterocycles. The second kappa shape index (κ2) is 2.93. The lowest BCUT2D eigenvalue weighted by Gasteiger charge is -1.93. The van der Waals surface area contributed by atoms with Gasteiger partial charge in [0.25, 0.3) is 0 Å². The molecule has 0 N–H and O–H groups in total.